The first-order chi connectivity index (χ1) is 7.29. The molecule has 0 aliphatic carbocycles. The molecule has 0 fully saturated rings. The summed E-state index contributed by atoms with van der Waals surface area (Å²) < 4.78 is 23.2. The highest BCUT2D eigenvalue weighted by molar-refractivity contribution is 9.10. The molecule has 6 nitrogen and oxygen atoms in total. The molecule has 0 radical (unpaired) electrons. The highest BCUT2D eigenvalue weighted by Gasteiger charge is 2.18. The molecule has 0 aliphatic rings. The molecule has 88 valence electrons. The SMILES string of the molecule is Cc1c(Br)cc(S(=O)(=O)NN)cc1C(=O)O. The van der Waals surface area contributed by atoms with Crippen LogP contribution in [0, 0.1) is 6.92 Å². The Hall–Kier alpha value is -0.960. The van der Waals surface area contributed by atoms with Crippen molar-refractivity contribution in [3.8, 4) is 0 Å². The van der Waals surface area contributed by atoms with E-state index in [1.165, 1.54) is 6.07 Å². The van der Waals surface area contributed by atoms with E-state index in [1.807, 2.05) is 0 Å². The first-order valence-corrected chi connectivity index (χ1v) is 6.33. The fourth-order valence-corrected chi connectivity index (χ4v) is 2.39. The molecule has 1 aromatic carbocycles. The van der Waals surface area contributed by atoms with Crippen molar-refractivity contribution in [3.05, 3.63) is 27.7 Å². The minimum Gasteiger partial charge on any atom is -0.478 e. The number of sulfonamides is 1. The second-order valence-electron chi connectivity index (χ2n) is 3.00. The molecule has 16 heavy (non-hydrogen) atoms. The largest absolute Gasteiger partial charge is 0.478 e. The summed E-state index contributed by atoms with van der Waals surface area (Å²) in [6, 6.07) is 2.34. The summed E-state index contributed by atoms with van der Waals surface area (Å²) in [6.07, 6.45) is 0. The van der Waals surface area contributed by atoms with Gasteiger partial charge in [0.15, 0.2) is 0 Å². The van der Waals surface area contributed by atoms with Gasteiger partial charge in [-0.05, 0) is 24.6 Å². The van der Waals surface area contributed by atoms with E-state index in [9.17, 15) is 13.2 Å². The van der Waals surface area contributed by atoms with Gasteiger partial charge in [-0.2, -0.15) is 4.83 Å². The van der Waals surface area contributed by atoms with Crippen LogP contribution in [0.2, 0.25) is 0 Å². The second-order valence-corrected chi connectivity index (χ2v) is 5.57. The number of nitrogens with one attached hydrogen (secondary N) is 1. The zero-order valence-corrected chi connectivity index (χ0v) is 10.6. The van der Waals surface area contributed by atoms with Gasteiger partial charge < -0.3 is 5.11 Å². The van der Waals surface area contributed by atoms with E-state index in [4.69, 9.17) is 10.9 Å². The first-order valence-electron chi connectivity index (χ1n) is 4.05. The lowest BCUT2D eigenvalue weighted by atomic mass is 10.1. The van der Waals surface area contributed by atoms with Crippen molar-refractivity contribution in [1.29, 1.82) is 0 Å². The molecule has 0 aliphatic heterocycles. The van der Waals surface area contributed by atoms with Crippen molar-refractivity contribution in [2.75, 3.05) is 0 Å². The summed E-state index contributed by atoms with van der Waals surface area (Å²) in [7, 11) is -3.86. The highest BCUT2D eigenvalue weighted by Crippen LogP contribution is 2.24. The normalized spacial score (nSPS) is 11.4. The lowest BCUT2D eigenvalue weighted by molar-refractivity contribution is 0.0695. The van der Waals surface area contributed by atoms with Gasteiger partial charge in [-0.3, -0.25) is 5.84 Å². The summed E-state index contributed by atoms with van der Waals surface area (Å²) in [4.78, 5) is 12.3. The van der Waals surface area contributed by atoms with Crippen LogP contribution in [0.5, 0.6) is 0 Å². The third kappa shape index (κ3) is 2.40. The first kappa shape index (κ1) is 13.1. The van der Waals surface area contributed by atoms with Gasteiger partial charge in [0.2, 0.25) is 0 Å². The van der Waals surface area contributed by atoms with Gasteiger partial charge in [0.05, 0.1) is 10.5 Å². The summed E-state index contributed by atoms with van der Waals surface area (Å²) in [5.41, 5.74) is 0.353. The standard InChI is InChI=1S/C8H9BrN2O4S/c1-4-6(8(12)13)2-5(3-7(4)9)16(14,15)11-10/h2-3,11H,10H2,1H3,(H,12,13). The Balaban J connectivity index is 3.53. The van der Waals surface area contributed by atoms with Gasteiger partial charge in [0, 0.05) is 4.47 Å². The van der Waals surface area contributed by atoms with Crippen molar-refractivity contribution < 1.29 is 18.3 Å². The Morgan fingerprint density at radius 3 is 2.50 bits per heavy atom. The van der Waals surface area contributed by atoms with Gasteiger partial charge in [0.1, 0.15) is 0 Å². The molecular formula is C8H9BrN2O4S. The van der Waals surface area contributed by atoms with E-state index in [0.717, 1.165) is 6.07 Å². The Kier molecular flexibility index (Phi) is 3.68. The van der Waals surface area contributed by atoms with E-state index in [1.54, 1.807) is 11.8 Å². The minimum absolute atomic E-state index is 0.0943. The average Bonchev–Trinajstić information content (AvgIpc) is 2.21. The van der Waals surface area contributed by atoms with Crippen LogP contribution in [0.25, 0.3) is 0 Å². The van der Waals surface area contributed by atoms with E-state index in [-0.39, 0.29) is 10.5 Å². The number of carboxylic acid groups (broad SMARTS) is 1. The van der Waals surface area contributed by atoms with Crippen molar-refractivity contribution in [1.82, 2.24) is 4.83 Å². The highest BCUT2D eigenvalue weighted by atomic mass is 79.9. The number of rotatable bonds is 3. The molecule has 0 amide bonds. The van der Waals surface area contributed by atoms with Crippen LogP contribution in [-0.2, 0) is 10.0 Å². The molecule has 4 N–H and O–H groups in total. The number of benzene rings is 1. The molecule has 0 saturated carbocycles. The number of halogens is 1. The molecule has 0 heterocycles. The molecule has 1 rings (SSSR count). The molecule has 0 aromatic heterocycles. The van der Waals surface area contributed by atoms with Crippen LogP contribution < -0.4 is 10.7 Å². The number of hydrogen-bond donors (Lipinski definition) is 3. The Morgan fingerprint density at radius 2 is 2.06 bits per heavy atom. The number of carboxylic acids is 1. The van der Waals surface area contributed by atoms with Crippen LogP contribution in [0.15, 0.2) is 21.5 Å². The predicted octanol–water partition coefficient (Wildman–Crippen LogP) is 0.608. The van der Waals surface area contributed by atoms with E-state index in [2.05, 4.69) is 15.9 Å². The summed E-state index contributed by atoms with van der Waals surface area (Å²) in [5, 5.41) is 8.89. The maximum Gasteiger partial charge on any atom is 0.336 e. The molecule has 0 spiro atoms. The van der Waals surface area contributed by atoms with E-state index in [0.29, 0.717) is 10.0 Å². The topological polar surface area (TPSA) is 109 Å². The molecule has 0 saturated heterocycles. The van der Waals surface area contributed by atoms with Crippen molar-refractivity contribution in [2.45, 2.75) is 11.8 Å². The van der Waals surface area contributed by atoms with Crippen molar-refractivity contribution in [3.63, 3.8) is 0 Å². The van der Waals surface area contributed by atoms with Gasteiger partial charge >= 0.3 is 5.97 Å². The minimum atomic E-state index is -3.86. The van der Waals surface area contributed by atoms with Gasteiger partial charge in [-0.1, -0.05) is 15.9 Å². The maximum absolute atomic E-state index is 11.4. The maximum atomic E-state index is 11.4. The fourth-order valence-electron chi connectivity index (χ4n) is 1.10. The third-order valence-corrected chi connectivity index (χ3v) is 4.00. The van der Waals surface area contributed by atoms with E-state index < -0.39 is 16.0 Å². The molecular weight excluding hydrogens is 300 g/mol. The summed E-state index contributed by atoms with van der Waals surface area (Å²) in [6.45, 7) is 1.57. The lowest BCUT2D eigenvalue weighted by Crippen LogP contribution is -2.30. The van der Waals surface area contributed by atoms with Gasteiger partial charge in [-0.15, -0.1) is 0 Å². The number of nitrogens with two attached hydrogens (primary N) is 1. The summed E-state index contributed by atoms with van der Waals surface area (Å²) in [5.74, 6) is 3.65. The van der Waals surface area contributed by atoms with Crippen molar-refractivity contribution >= 4 is 31.9 Å². The average molecular weight is 309 g/mol. The van der Waals surface area contributed by atoms with Gasteiger partial charge in [-0.25, -0.2) is 13.2 Å². The smallest absolute Gasteiger partial charge is 0.336 e. The monoisotopic (exact) mass is 308 g/mol. The van der Waals surface area contributed by atoms with Crippen LogP contribution in [0.1, 0.15) is 15.9 Å². The fraction of sp³-hybridized carbons (Fsp3) is 0.125. The van der Waals surface area contributed by atoms with Crippen LogP contribution in [0.4, 0.5) is 0 Å². The van der Waals surface area contributed by atoms with Crippen LogP contribution in [0.3, 0.4) is 0 Å². The van der Waals surface area contributed by atoms with Gasteiger partial charge in [0.25, 0.3) is 10.0 Å². The third-order valence-electron chi connectivity index (χ3n) is 2.01. The van der Waals surface area contributed by atoms with Crippen LogP contribution >= 0.6 is 15.9 Å². The Labute approximate surface area is 101 Å². The number of hydrazine groups is 1. The van der Waals surface area contributed by atoms with Crippen LogP contribution in [-0.4, -0.2) is 19.5 Å². The summed E-state index contributed by atoms with van der Waals surface area (Å²) >= 11 is 3.09. The lowest BCUT2D eigenvalue weighted by Gasteiger charge is -2.08. The Bertz CT molecular complexity index is 541. The second kappa shape index (κ2) is 4.50. The number of carbonyl (C=O) groups is 1. The van der Waals surface area contributed by atoms with Crippen molar-refractivity contribution in [2.24, 2.45) is 5.84 Å². The zero-order chi connectivity index (χ0) is 12.5. The Morgan fingerprint density at radius 1 is 1.50 bits per heavy atom. The predicted molar refractivity (Wildman–Crippen MR) is 60.3 cm³/mol. The van der Waals surface area contributed by atoms with E-state index >= 15 is 0 Å². The molecule has 0 atom stereocenters. The number of hydrogen-bond acceptors (Lipinski definition) is 4. The zero-order valence-electron chi connectivity index (χ0n) is 8.19. The molecule has 8 heteroatoms. The molecule has 1 aromatic rings. The molecule has 0 unspecified atom stereocenters. The quantitative estimate of drug-likeness (QED) is 0.560. The number of aromatic carboxylic acids is 1. The molecule has 0 bridgehead atoms.